The number of thiazole rings is 1. The Morgan fingerprint density at radius 1 is 1.21 bits per heavy atom. The van der Waals surface area contributed by atoms with Gasteiger partial charge in [0.15, 0.2) is 11.0 Å². The molecule has 0 aliphatic carbocycles. The monoisotopic (exact) mass is 480 g/mol. The molecule has 4 aromatic rings. The van der Waals surface area contributed by atoms with Crippen LogP contribution in [0.2, 0.25) is 0 Å². The average Bonchev–Trinajstić information content (AvgIpc) is 3.49. The van der Waals surface area contributed by atoms with Crippen LogP contribution in [0.1, 0.15) is 29.3 Å². The van der Waals surface area contributed by atoms with E-state index in [0.717, 1.165) is 16.3 Å². The molecule has 3 aromatic heterocycles. The van der Waals surface area contributed by atoms with Crippen molar-refractivity contribution in [2.24, 2.45) is 5.92 Å². The van der Waals surface area contributed by atoms with Gasteiger partial charge >= 0.3 is 0 Å². The Morgan fingerprint density at radius 2 is 2.06 bits per heavy atom. The van der Waals surface area contributed by atoms with Crippen molar-refractivity contribution in [2.75, 3.05) is 13.7 Å². The minimum Gasteiger partial charge on any atom is -0.495 e. The van der Waals surface area contributed by atoms with Gasteiger partial charge in [-0.15, -0.1) is 21.5 Å². The van der Waals surface area contributed by atoms with Crippen LogP contribution in [0.4, 0.5) is 0 Å². The first kappa shape index (κ1) is 22.9. The minimum atomic E-state index is -0.146. The zero-order valence-electron chi connectivity index (χ0n) is 18.6. The summed E-state index contributed by atoms with van der Waals surface area (Å²) >= 11 is 2.96. The highest BCUT2D eigenvalue weighted by molar-refractivity contribution is 7.98. The number of para-hydroxylation sites is 2. The fraction of sp³-hybridized carbons (Fsp3) is 0.261. The second kappa shape index (κ2) is 10.6. The third kappa shape index (κ3) is 5.40. The van der Waals surface area contributed by atoms with E-state index < -0.39 is 0 Å². The molecule has 3 heterocycles. The SMILES string of the molecule is COc1ccccc1-n1c(SCc2nc(C(=O)NCC(C)C)cs2)nnc1-c1cccnc1. The Labute approximate surface area is 200 Å². The normalized spacial score (nSPS) is 11.0. The van der Waals surface area contributed by atoms with E-state index in [4.69, 9.17) is 4.74 Å². The molecule has 1 aromatic carbocycles. The molecule has 10 heteroatoms. The molecule has 8 nitrogen and oxygen atoms in total. The number of amides is 1. The van der Waals surface area contributed by atoms with Crippen LogP contribution in [-0.2, 0) is 5.75 Å². The second-order valence-electron chi connectivity index (χ2n) is 7.57. The number of rotatable bonds is 9. The third-order valence-electron chi connectivity index (χ3n) is 4.66. The molecule has 0 unspecified atom stereocenters. The molecule has 0 saturated carbocycles. The molecular formula is C23H24N6O2S2. The Hall–Kier alpha value is -3.24. The highest BCUT2D eigenvalue weighted by Gasteiger charge is 2.20. The van der Waals surface area contributed by atoms with Crippen molar-refractivity contribution < 1.29 is 9.53 Å². The smallest absolute Gasteiger partial charge is 0.270 e. The molecule has 4 rings (SSSR count). The number of carbonyl (C=O) groups excluding carboxylic acids is 1. The maximum Gasteiger partial charge on any atom is 0.270 e. The molecule has 0 bridgehead atoms. The molecule has 1 amide bonds. The van der Waals surface area contributed by atoms with Gasteiger partial charge in [-0.2, -0.15) is 0 Å². The van der Waals surface area contributed by atoms with Gasteiger partial charge in [-0.25, -0.2) is 4.98 Å². The lowest BCUT2D eigenvalue weighted by atomic mass is 10.2. The van der Waals surface area contributed by atoms with Crippen LogP contribution in [0.5, 0.6) is 5.75 Å². The molecule has 170 valence electrons. The summed E-state index contributed by atoms with van der Waals surface area (Å²) in [5, 5.41) is 15.1. The highest BCUT2D eigenvalue weighted by atomic mass is 32.2. The van der Waals surface area contributed by atoms with Gasteiger partial charge in [0.25, 0.3) is 5.91 Å². The van der Waals surface area contributed by atoms with Gasteiger partial charge in [0, 0.05) is 29.9 Å². The number of nitrogens with one attached hydrogen (secondary N) is 1. The summed E-state index contributed by atoms with van der Waals surface area (Å²) in [6.45, 7) is 4.74. The molecule has 1 N–H and O–H groups in total. The number of hydrogen-bond donors (Lipinski definition) is 1. The van der Waals surface area contributed by atoms with Crippen LogP contribution < -0.4 is 10.1 Å². The first-order chi connectivity index (χ1) is 16.1. The van der Waals surface area contributed by atoms with E-state index in [2.05, 4.69) is 39.3 Å². The lowest BCUT2D eigenvalue weighted by Gasteiger charge is -2.13. The Bertz CT molecular complexity index is 1220. The molecule has 0 radical (unpaired) electrons. The first-order valence-electron chi connectivity index (χ1n) is 10.4. The van der Waals surface area contributed by atoms with E-state index >= 15 is 0 Å². The summed E-state index contributed by atoms with van der Waals surface area (Å²) in [7, 11) is 1.64. The third-order valence-corrected chi connectivity index (χ3v) is 6.63. The Balaban J connectivity index is 1.60. The van der Waals surface area contributed by atoms with Crippen LogP contribution in [0, 0.1) is 5.92 Å². The number of ether oxygens (including phenoxy) is 1. The standard InChI is InChI=1S/C23H24N6O2S2/c1-15(2)11-25-22(30)17-13-32-20(26-17)14-33-23-28-27-21(16-7-6-10-24-12-16)29(23)18-8-4-5-9-19(18)31-3/h4-10,12-13,15H,11,14H2,1-3H3,(H,25,30). The summed E-state index contributed by atoms with van der Waals surface area (Å²) in [5.41, 5.74) is 2.12. The molecule has 0 spiro atoms. The van der Waals surface area contributed by atoms with Crippen molar-refractivity contribution in [2.45, 2.75) is 24.8 Å². The minimum absolute atomic E-state index is 0.146. The van der Waals surface area contributed by atoms with Crippen LogP contribution in [0.15, 0.2) is 59.3 Å². The fourth-order valence-corrected chi connectivity index (χ4v) is 4.81. The Morgan fingerprint density at radius 3 is 2.82 bits per heavy atom. The predicted molar refractivity (Wildman–Crippen MR) is 130 cm³/mol. The zero-order valence-corrected chi connectivity index (χ0v) is 20.2. The molecule has 0 aliphatic rings. The summed E-state index contributed by atoms with van der Waals surface area (Å²) in [6.07, 6.45) is 3.48. The highest BCUT2D eigenvalue weighted by Crippen LogP contribution is 2.33. The summed E-state index contributed by atoms with van der Waals surface area (Å²) in [5.74, 6) is 2.18. The summed E-state index contributed by atoms with van der Waals surface area (Å²) in [6, 6.07) is 11.5. The molecule has 33 heavy (non-hydrogen) atoms. The maximum atomic E-state index is 12.3. The average molecular weight is 481 g/mol. The van der Waals surface area contributed by atoms with E-state index in [-0.39, 0.29) is 5.91 Å². The van der Waals surface area contributed by atoms with Gasteiger partial charge in [-0.05, 0) is 30.2 Å². The number of carbonyl (C=O) groups is 1. The fourth-order valence-electron chi connectivity index (χ4n) is 3.07. The van der Waals surface area contributed by atoms with Gasteiger partial charge in [0.2, 0.25) is 0 Å². The van der Waals surface area contributed by atoms with Crippen LogP contribution in [-0.4, -0.2) is 44.3 Å². The Kier molecular flexibility index (Phi) is 7.36. The van der Waals surface area contributed by atoms with Crippen LogP contribution in [0.3, 0.4) is 0 Å². The largest absolute Gasteiger partial charge is 0.495 e. The number of nitrogens with zero attached hydrogens (tertiary/aromatic N) is 5. The molecule has 0 aliphatic heterocycles. The van der Waals surface area contributed by atoms with Crippen molar-refractivity contribution in [3.8, 4) is 22.8 Å². The lowest BCUT2D eigenvalue weighted by Crippen LogP contribution is -2.27. The number of hydrogen-bond acceptors (Lipinski definition) is 8. The predicted octanol–water partition coefficient (Wildman–Crippen LogP) is 4.47. The van der Waals surface area contributed by atoms with Crippen LogP contribution >= 0.6 is 23.1 Å². The van der Waals surface area contributed by atoms with Crippen molar-refractivity contribution in [1.29, 1.82) is 0 Å². The van der Waals surface area contributed by atoms with E-state index in [9.17, 15) is 4.79 Å². The van der Waals surface area contributed by atoms with Crippen molar-refractivity contribution >= 4 is 29.0 Å². The molecular weight excluding hydrogens is 456 g/mol. The van der Waals surface area contributed by atoms with E-state index in [1.165, 1.54) is 23.1 Å². The van der Waals surface area contributed by atoms with Gasteiger partial charge in [-0.1, -0.05) is 37.7 Å². The van der Waals surface area contributed by atoms with E-state index in [1.807, 2.05) is 41.0 Å². The number of benzene rings is 1. The lowest BCUT2D eigenvalue weighted by molar-refractivity contribution is 0.0944. The zero-order chi connectivity index (χ0) is 23.2. The second-order valence-corrected chi connectivity index (χ2v) is 9.46. The summed E-state index contributed by atoms with van der Waals surface area (Å²) < 4.78 is 7.55. The maximum absolute atomic E-state index is 12.3. The van der Waals surface area contributed by atoms with Gasteiger partial charge in [0.1, 0.15) is 16.5 Å². The molecule has 0 fully saturated rings. The van der Waals surface area contributed by atoms with Gasteiger partial charge in [0.05, 0.1) is 18.6 Å². The number of methoxy groups -OCH3 is 1. The van der Waals surface area contributed by atoms with Gasteiger partial charge < -0.3 is 10.1 Å². The van der Waals surface area contributed by atoms with Crippen LogP contribution in [0.25, 0.3) is 17.1 Å². The quantitative estimate of drug-likeness (QED) is 0.353. The first-order valence-corrected chi connectivity index (χ1v) is 12.3. The van der Waals surface area contributed by atoms with Crippen molar-refractivity contribution in [3.63, 3.8) is 0 Å². The topological polar surface area (TPSA) is 94.8 Å². The number of aromatic nitrogens is 5. The van der Waals surface area contributed by atoms with Gasteiger partial charge in [-0.3, -0.25) is 14.3 Å². The van der Waals surface area contributed by atoms with E-state index in [1.54, 1.807) is 24.9 Å². The molecule has 0 atom stereocenters. The molecule has 0 saturated heterocycles. The van der Waals surface area contributed by atoms with Crippen molar-refractivity contribution in [1.82, 2.24) is 30.0 Å². The van der Waals surface area contributed by atoms with Crippen molar-refractivity contribution in [3.05, 3.63) is 64.9 Å². The number of thioether (sulfide) groups is 1. The number of pyridine rings is 1. The van der Waals surface area contributed by atoms with E-state index in [0.29, 0.717) is 40.6 Å². The summed E-state index contributed by atoms with van der Waals surface area (Å²) in [4.78, 5) is 21.0.